The SMILES string of the molecule is CNc1nc(NC(=C/N)/C(C)=N\C[C@H]2CCn3ccnc32)ncc1C(F)(F)F. The van der Waals surface area contributed by atoms with Crippen LogP contribution in [-0.4, -0.2) is 38.8 Å². The van der Waals surface area contributed by atoms with E-state index in [4.69, 9.17) is 5.73 Å². The van der Waals surface area contributed by atoms with Gasteiger partial charge in [0.1, 0.15) is 17.2 Å². The minimum Gasteiger partial charge on any atom is -0.403 e. The molecule has 0 bridgehead atoms. The molecule has 0 amide bonds. The molecule has 0 aromatic carbocycles. The van der Waals surface area contributed by atoms with Crippen LogP contribution in [0.15, 0.2) is 35.5 Å². The number of hydrogen-bond donors (Lipinski definition) is 3. The van der Waals surface area contributed by atoms with E-state index >= 15 is 0 Å². The molecule has 0 spiro atoms. The summed E-state index contributed by atoms with van der Waals surface area (Å²) in [4.78, 5) is 16.5. The number of fused-ring (bicyclic) bond motifs is 1. The van der Waals surface area contributed by atoms with Crippen molar-refractivity contribution in [2.45, 2.75) is 32.0 Å². The van der Waals surface area contributed by atoms with Crippen LogP contribution < -0.4 is 16.4 Å². The molecule has 3 rings (SSSR count). The number of aliphatic imine (C=N–C) groups is 1. The maximum atomic E-state index is 13.0. The summed E-state index contributed by atoms with van der Waals surface area (Å²) in [6, 6.07) is 0. The second-order valence-corrected chi connectivity index (χ2v) is 6.30. The van der Waals surface area contributed by atoms with Gasteiger partial charge in [-0.1, -0.05) is 0 Å². The number of allylic oxidation sites excluding steroid dienone is 1. The van der Waals surface area contributed by atoms with E-state index in [0.717, 1.165) is 25.0 Å². The summed E-state index contributed by atoms with van der Waals surface area (Å²) in [6.45, 7) is 3.21. The molecule has 0 aliphatic carbocycles. The zero-order valence-electron chi connectivity index (χ0n) is 15.5. The fraction of sp³-hybridized carbons (Fsp3) is 0.412. The van der Waals surface area contributed by atoms with Crippen LogP contribution in [0.3, 0.4) is 0 Å². The van der Waals surface area contributed by atoms with Crippen molar-refractivity contribution in [3.8, 4) is 0 Å². The predicted molar refractivity (Wildman–Crippen MR) is 100 cm³/mol. The van der Waals surface area contributed by atoms with Crippen LogP contribution in [0, 0.1) is 0 Å². The number of hydrogen-bond acceptors (Lipinski definition) is 7. The molecule has 0 unspecified atom stereocenters. The number of rotatable bonds is 6. The number of aromatic nitrogens is 4. The van der Waals surface area contributed by atoms with E-state index < -0.39 is 11.7 Å². The Morgan fingerprint density at radius 3 is 2.89 bits per heavy atom. The molecular formula is C17H21F3N8. The summed E-state index contributed by atoms with van der Waals surface area (Å²) in [5.41, 5.74) is 5.74. The van der Waals surface area contributed by atoms with E-state index in [1.807, 2.05) is 6.20 Å². The minimum atomic E-state index is -4.55. The summed E-state index contributed by atoms with van der Waals surface area (Å²) < 4.78 is 41.0. The van der Waals surface area contributed by atoms with E-state index in [1.165, 1.54) is 13.2 Å². The number of imidazole rings is 1. The van der Waals surface area contributed by atoms with Crippen LogP contribution in [0.5, 0.6) is 0 Å². The maximum Gasteiger partial charge on any atom is 0.421 e. The van der Waals surface area contributed by atoms with Crippen LogP contribution in [0.25, 0.3) is 0 Å². The summed E-state index contributed by atoms with van der Waals surface area (Å²) in [5.74, 6) is 0.892. The van der Waals surface area contributed by atoms with Crippen molar-refractivity contribution in [1.82, 2.24) is 19.5 Å². The quantitative estimate of drug-likeness (QED) is 0.651. The van der Waals surface area contributed by atoms with Gasteiger partial charge in [-0.15, -0.1) is 0 Å². The lowest BCUT2D eigenvalue weighted by molar-refractivity contribution is -0.137. The Kier molecular flexibility index (Phi) is 5.52. The minimum absolute atomic E-state index is 0.0139. The summed E-state index contributed by atoms with van der Waals surface area (Å²) >= 11 is 0. The third-order valence-electron chi connectivity index (χ3n) is 4.51. The van der Waals surface area contributed by atoms with Gasteiger partial charge in [-0.05, 0) is 13.3 Å². The van der Waals surface area contributed by atoms with Gasteiger partial charge in [-0.2, -0.15) is 18.2 Å². The number of nitrogens with two attached hydrogens (primary N) is 1. The normalized spacial score (nSPS) is 17.5. The van der Waals surface area contributed by atoms with Gasteiger partial charge in [0, 0.05) is 50.8 Å². The monoisotopic (exact) mass is 394 g/mol. The topological polar surface area (TPSA) is 106 Å². The molecule has 28 heavy (non-hydrogen) atoms. The van der Waals surface area contributed by atoms with Gasteiger partial charge in [0.15, 0.2) is 0 Å². The van der Waals surface area contributed by atoms with Crippen LogP contribution >= 0.6 is 0 Å². The van der Waals surface area contributed by atoms with E-state index in [0.29, 0.717) is 18.0 Å². The highest BCUT2D eigenvalue weighted by Crippen LogP contribution is 2.33. The lowest BCUT2D eigenvalue weighted by atomic mass is 10.1. The molecule has 1 atom stereocenters. The van der Waals surface area contributed by atoms with Gasteiger partial charge in [0.25, 0.3) is 0 Å². The maximum absolute atomic E-state index is 13.0. The molecule has 1 aliphatic rings. The molecule has 8 nitrogen and oxygen atoms in total. The van der Waals surface area contributed by atoms with Gasteiger partial charge in [-0.25, -0.2) is 9.97 Å². The highest BCUT2D eigenvalue weighted by atomic mass is 19.4. The first kappa shape index (κ1) is 19.6. The van der Waals surface area contributed by atoms with E-state index in [9.17, 15) is 13.2 Å². The Hall–Kier alpha value is -3.11. The first-order valence-electron chi connectivity index (χ1n) is 8.66. The largest absolute Gasteiger partial charge is 0.421 e. The first-order chi connectivity index (χ1) is 13.3. The highest BCUT2D eigenvalue weighted by Gasteiger charge is 2.35. The lowest BCUT2D eigenvalue weighted by Crippen LogP contribution is -2.16. The van der Waals surface area contributed by atoms with Gasteiger partial charge in [0.2, 0.25) is 5.95 Å². The van der Waals surface area contributed by atoms with Crippen LogP contribution in [0.2, 0.25) is 0 Å². The summed E-state index contributed by atoms with van der Waals surface area (Å²) in [5, 5.41) is 5.26. The molecule has 1 aliphatic heterocycles. The molecule has 2 aromatic heterocycles. The third-order valence-corrected chi connectivity index (χ3v) is 4.51. The predicted octanol–water partition coefficient (Wildman–Crippen LogP) is 2.59. The fourth-order valence-electron chi connectivity index (χ4n) is 3.01. The van der Waals surface area contributed by atoms with Crippen molar-refractivity contribution in [3.05, 3.63) is 41.9 Å². The highest BCUT2D eigenvalue weighted by molar-refractivity contribution is 6.00. The summed E-state index contributed by atoms with van der Waals surface area (Å²) in [6.07, 6.45) is 2.14. The van der Waals surface area contributed by atoms with Gasteiger partial charge >= 0.3 is 6.18 Å². The molecule has 2 aromatic rings. The Morgan fingerprint density at radius 1 is 1.43 bits per heavy atom. The zero-order chi connectivity index (χ0) is 20.3. The Balaban J connectivity index is 1.72. The second kappa shape index (κ2) is 7.87. The van der Waals surface area contributed by atoms with E-state index in [1.54, 1.807) is 13.1 Å². The average Bonchev–Trinajstić information content (AvgIpc) is 3.27. The van der Waals surface area contributed by atoms with Crippen molar-refractivity contribution < 1.29 is 13.2 Å². The third kappa shape index (κ3) is 4.07. The molecule has 11 heteroatoms. The summed E-state index contributed by atoms with van der Waals surface area (Å²) in [7, 11) is 1.36. The van der Waals surface area contributed by atoms with Crippen molar-refractivity contribution in [2.75, 3.05) is 24.2 Å². The fourth-order valence-corrected chi connectivity index (χ4v) is 3.01. The molecule has 4 N–H and O–H groups in total. The standard InChI is InChI=1S/C17H21F3N8/c1-10(24-8-11-3-5-28-6-4-23-15(11)28)13(7-21)26-16-25-9-12(17(18,19)20)14(22-2)27-16/h4,6-7,9,11H,3,5,8,21H2,1-2H3,(H2,22,25,26,27)/b13-7+,24-10-/t11-/m1/s1. The van der Waals surface area contributed by atoms with Crippen molar-refractivity contribution in [1.29, 1.82) is 0 Å². The van der Waals surface area contributed by atoms with E-state index in [-0.39, 0.29) is 17.7 Å². The van der Waals surface area contributed by atoms with Crippen molar-refractivity contribution in [2.24, 2.45) is 10.7 Å². The van der Waals surface area contributed by atoms with E-state index in [2.05, 4.69) is 35.1 Å². The van der Waals surface area contributed by atoms with Gasteiger partial charge in [-0.3, -0.25) is 4.99 Å². The molecule has 3 heterocycles. The molecular weight excluding hydrogens is 373 g/mol. The molecule has 0 radical (unpaired) electrons. The number of halogens is 3. The average molecular weight is 394 g/mol. The number of anilines is 2. The second-order valence-electron chi connectivity index (χ2n) is 6.30. The number of nitrogens with zero attached hydrogens (tertiary/aromatic N) is 5. The number of nitrogens with one attached hydrogen (secondary N) is 2. The molecule has 0 fully saturated rings. The Morgan fingerprint density at radius 2 is 2.21 bits per heavy atom. The Labute approximate surface area is 159 Å². The molecule has 0 saturated heterocycles. The first-order valence-corrected chi connectivity index (χ1v) is 8.66. The van der Waals surface area contributed by atoms with Crippen LogP contribution in [-0.2, 0) is 12.7 Å². The molecule has 0 saturated carbocycles. The van der Waals surface area contributed by atoms with Gasteiger partial charge < -0.3 is 20.9 Å². The lowest BCUT2D eigenvalue weighted by Gasteiger charge is -2.14. The smallest absolute Gasteiger partial charge is 0.403 e. The number of alkyl halides is 3. The zero-order valence-corrected chi connectivity index (χ0v) is 15.5. The van der Waals surface area contributed by atoms with Crippen LogP contribution in [0.4, 0.5) is 24.9 Å². The Bertz CT molecular complexity index is 900. The van der Waals surface area contributed by atoms with Crippen molar-refractivity contribution >= 4 is 17.5 Å². The van der Waals surface area contributed by atoms with Crippen molar-refractivity contribution in [3.63, 3.8) is 0 Å². The van der Waals surface area contributed by atoms with Crippen LogP contribution in [0.1, 0.15) is 30.7 Å². The van der Waals surface area contributed by atoms with Gasteiger partial charge in [0.05, 0.1) is 11.4 Å². The number of aryl methyl sites for hydroxylation is 1. The molecule has 150 valence electrons.